The molecule has 0 radical (unpaired) electrons. The number of nitrogens with two attached hydrogens (primary N) is 1. The van der Waals surface area contributed by atoms with E-state index in [1.54, 1.807) is 11.9 Å². The maximum Gasteiger partial charge on any atom is 0.244 e. The van der Waals surface area contributed by atoms with Crippen LogP contribution in [0.3, 0.4) is 0 Å². The Labute approximate surface area is 124 Å². The molecule has 6 nitrogen and oxygen atoms in total. The number of hydrogen-bond donors (Lipinski definition) is 2. The number of nitrogens with one attached hydrogen (secondary N) is 1. The summed E-state index contributed by atoms with van der Waals surface area (Å²) in [4.78, 5) is 25.8. The lowest BCUT2D eigenvalue weighted by molar-refractivity contribution is -0.148. The molecule has 0 aromatic heterocycles. The van der Waals surface area contributed by atoms with Crippen LogP contribution >= 0.6 is 0 Å². The van der Waals surface area contributed by atoms with Crippen molar-refractivity contribution in [3.8, 4) is 0 Å². The Balaban J connectivity index is 2.02. The van der Waals surface area contributed by atoms with Gasteiger partial charge in [-0.15, -0.1) is 0 Å². The van der Waals surface area contributed by atoms with Gasteiger partial charge in [-0.25, -0.2) is 0 Å². The first kappa shape index (κ1) is 15.5. The molecule has 2 atom stereocenters. The fourth-order valence-corrected chi connectivity index (χ4v) is 2.41. The molecule has 1 aromatic carbocycles. The van der Waals surface area contributed by atoms with E-state index in [1.165, 1.54) is 0 Å². The van der Waals surface area contributed by atoms with Gasteiger partial charge in [0.1, 0.15) is 6.04 Å². The van der Waals surface area contributed by atoms with E-state index in [0.29, 0.717) is 13.2 Å². The van der Waals surface area contributed by atoms with Crippen molar-refractivity contribution in [2.24, 2.45) is 5.73 Å². The molecule has 0 aliphatic carbocycles. The standard InChI is InChI=1S/C15H21N3O3/c1-17-15(20)13-10-21-8-7-18(13)14(19)9-12(16)11-5-3-2-4-6-11/h2-6,12-13H,7-10,16H2,1H3,(H,17,20). The molecular weight excluding hydrogens is 270 g/mol. The Hall–Kier alpha value is -1.92. The van der Waals surface area contributed by atoms with Crippen LogP contribution in [0.15, 0.2) is 30.3 Å². The summed E-state index contributed by atoms with van der Waals surface area (Å²) in [7, 11) is 1.55. The van der Waals surface area contributed by atoms with Crippen LogP contribution in [0.1, 0.15) is 18.0 Å². The number of nitrogens with zero attached hydrogens (tertiary/aromatic N) is 1. The van der Waals surface area contributed by atoms with Gasteiger partial charge >= 0.3 is 0 Å². The molecule has 1 saturated heterocycles. The molecule has 2 unspecified atom stereocenters. The van der Waals surface area contributed by atoms with Crippen LogP contribution in [0.4, 0.5) is 0 Å². The monoisotopic (exact) mass is 291 g/mol. The quantitative estimate of drug-likeness (QED) is 0.821. The fraction of sp³-hybridized carbons (Fsp3) is 0.467. The van der Waals surface area contributed by atoms with Gasteiger partial charge in [-0.2, -0.15) is 0 Å². The van der Waals surface area contributed by atoms with Crippen molar-refractivity contribution in [2.75, 3.05) is 26.8 Å². The molecule has 1 aliphatic rings. The van der Waals surface area contributed by atoms with Crippen molar-refractivity contribution in [1.29, 1.82) is 0 Å². The predicted molar refractivity (Wildman–Crippen MR) is 78.4 cm³/mol. The number of carbonyl (C=O) groups is 2. The zero-order valence-electron chi connectivity index (χ0n) is 12.1. The lowest BCUT2D eigenvalue weighted by Gasteiger charge is -2.34. The summed E-state index contributed by atoms with van der Waals surface area (Å²) in [6.07, 6.45) is 0.178. The van der Waals surface area contributed by atoms with Crippen LogP contribution in [0, 0.1) is 0 Å². The third-order valence-electron chi connectivity index (χ3n) is 3.62. The Morgan fingerprint density at radius 3 is 2.81 bits per heavy atom. The first-order valence-corrected chi connectivity index (χ1v) is 7.03. The van der Waals surface area contributed by atoms with Crippen molar-refractivity contribution < 1.29 is 14.3 Å². The summed E-state index contributed by atoms with van der Waals surface area (Å²) in [6.45, 7) is 1.09. The smallest absolute Gasteiger partial charge is 0.244 e. The highest BCUT2D eigenvalue weighted by atomic mass is 16.5. The molecule has 21 heavy (non-hydrogen) atoms. The van der Waals surface area contributed by atoms with Gasteiger partial charge in [-0.05, 0) is 5.56 Å². The van der Waals surface area contributed by atoms with E-state index in [2.05, 4.69) is 5.32 Å². The molecule has 114 valence electrons. The number of carbonyl (C=O) groups excluding carboxylic acids is 2. The van der Waals surface area contributed by atoms with Gasteiger partial charge in [0.25, 0.3) is 0 Å². The van der Waals surface area contributed by atoms with Gasteiger partial charge in [0, 0.05) is 26.1 Å². The van der Waals surface area contributed by atoms with Crippen LogP contribution in [0.25, 0.3) is 0 Å². The molecule has 1 heterocycles. The molecule has 1 fully saturated rings. The SMILES string of the molecule is CNC(=O)C1COCCN1C(=O)CC(N)c1ccccc1. The second kappa shape index (κ2) is 7.19. The highest BCUT2D eigenvalue weighted by molar-refractivity contribution is 5.88. The molecule has 1 aromatic rings. The minimum absolute atomic E-state index is 0.122. The number of amides is 2. The average Bonchev–Trinajstić information content (AvgIpc) is 2.54. The Kier molecular flexibility index (Phi) is 5.30. The molecular formula is C15H21N3O3. The first-order chi connectivity index (χ1) is 10.1. The highest BCUT2D eigenvalue weighted by Crippen LogP contribution is 2.17. The molecule has 2 rings (SSSR count). The van der Waals surface area contributed by atoms with Gasteiger partial charge < -0.3 is 20.7 Å². The number of ether oxygens (including phenoxy) is 1. The fourth-order valence-electron chi connectivity index (χ4n) is 2.41. The maximum atomic E-state index is 12.4. The van der Waals surface area contributed by atoms with Gasteiger partial charge in [0.05, 0.1) is 13.2 Å². The maximum absolute atomic E-state index is 12.4. The van der Waals surface area contributed by atoms with Crippen molar-refractivity contribution >= 4 is 11.8 Å². The lowest BCUT2D eigenvalue weighted by Crippen LogP contribution is -2.55. The molecule has 0 spiro atoms. The minimum atomic E-state index is -0.570. The van der Waals surface area contributed by atoms with Crippen molar-refractivity contribution in [3.63, 3.8) is 0 Å². The van der Waals surface area contributed by atoms with E-state index in [9.17, 15) is 9.59 Å². The molecule has 2 amide bonds. The minimum Gasteiger partial charge on any atom is -0.377 e. The molecule has 0 saturated carbocycles. The summed E-state index contributed by atoms with van der Waals surface area (Å²) in [5.74, 6) is -0.334. The largest absolute Gasteiger partial charge is 0.377 e. The zero-order valence-corrected chi connectivity index (χ0v) is 12.1. The average molecular weight is 291 g/mol. The number of hydrogen-bond acceptors (Lipinski definition) is 4. The Morgan fingerprint density at radius 1 is 1.43 bits per heavy atom. The van der Waals surface area contributed by atoms with Crippen LogP contribution < -0.4 is 11.1 Å². The number of benzene rings is 1. The van der Waals surface area contributed by atoms with E-state index >= 15 is 0 Å². The Bertz CT molecular complexity index is 492. The first-order valence-electron chi connectivity index (χ1n) is 7.03. The van der Waals surface area contributed by atoms with Crippen LogP contribution in [0.5, 0.6) is 0 Å². The lowest BCUT2D eigenvalue weighted by atomic mass is 10.0. The van der Waals surface area contributed by atoms with E-state index in [-0.39, 0.29) is 30.9 Å². The van der Waals surface area contributed by atoms with E-state index in [4.69, 9.17) is 10.5 Å². The summed E-state index contributed by atoms with van der Waals surface area (Å²) in [5, 5.41) is 2.56. The van der Waals surface area contributed by atoms with E-state index in [1.807, 2.05) is 30.3 Å². The van der Waals surface area contributed by atoms with Gasteiger partial charge in [0.15, 0.2) is 0 Å². The summed E-state index contributed by atoms with van der Waals surface area (Å²) in [5.41, 5.74) is 6.99. The van der Waals surface area contributed by atoms with Gasteiger partial charge in [0.2, 0.25) is 11.8 Å². The molecule has 3 N–H and O–H groups in total. The second-order valence-corrected chi connectivity index (χ2v) is 5.01. The summed E-state index contributed by atoms with van der Waals surface area (Å²) in [6, 6.07) is 8.54. The molecule has 1 aliphatic heterocycles. The van der Waals surface area contributed by atoms with E-state index < -0.39 is 6.04 Å². The number of rotatable bonds is 4. The van der Waals surface area contributed by atoms with Crippen LogP contribution in [-0.4, -0.2) is 49.6 Å². The topological polar surface area (TPSA) is 84.7 Å². The normalized spacial score (nSPS) is 19.9. The summed E-state index contributed by atoms with van der Waals surface area (Å²) < 4.78 is 5.29. The predicted octanol–water partition coefficient (Wildman–Crippen LogP) is 0.0499. The van der Waals surface area contributed by atoms with Crippen LogP contribution in [-0.2, 0) is 14.3 Å². The van der Waals surface area contributed by atoms with Crippen molar-refractivity contribution in [3.05, 3.63) is 35.9 Å². The van der Waals surface area contributed by atoms with Gasteiger partial charge in [-0.3, -0.25) is 9.59 Å². The third-order valence-corrected chi connectivity index (χ3v) is 3.62. The molecule has 6 heteroatoms. The van der Waals surface area contributed by atoms with Crippen molar-refractivity contribution in [1.82, 2.24) is 10.2 Å². The molecule has 0 bridgehead atoms. The number of morpholine rings is 1. The Morgan fingerprint density at radius 2 is 2.14 bits per heavy atom. The highest BCUT2D eigenvalue weighted by Gasteiger charge is 2.32. The van der Waals surface area contributed by atoms with Crippen LogP contribution in [0.2, 0.25) is 0 Å². The second-order valence-electron chi connectivity index (χ2n) is 5.01. The number of likely N-dealkylation sites (N-methyl/N-ethyl adjacent to an activating group) is 1. The van der Waals surface area contributed by atoms with Gasteiger partial charge in [-0.1, -0.05) is 30.3 Å². The third kappa shape index (κ3) is 3.80. The summed E-state index contributed by atoms with van der Waals surface area (Å²) >= 11 is 0. The van der Waals surface area contributed by atoms with Crippen molar-refractivity contribution in [2.45, 2.75) is 18.5 Å². The zero-order chi connectivity index (χ0) is 15.2. The van der Waals surface area contributed by atoms with E-state index in [0.717, 1.165) is 5.56 Å².